The molecule has 72 valence electrons. The number of fused-ring (bicyclic) bond motifs is 1. The second kappa shape index (κ2) is 2.91. The smallest absolute Gasteiger partial charge is 0.252 e. The Bertz CT molecular complexity index is 429. The van der Waals surface area contributed by atoms with Gasteiger partial charge < -0.3 is 5.32 Å². The Morgan fingerprint density at radius 1 is 1.36 bits per heavy atom. The predicted octanol–water partition coefficient (Wildman–Crippen LogP) is -0.433. The summed E-state index contributed by atoms with van der Waals surface area (Å²) in [5.74, 6) is 1.77. The van der Waals surface area contributed by atoms with Crippen molar-refractivity contribution in [1.29, 1.82) is 0 Å². The van der Waals surface area contributed by atoms with Crippen LogP contribution in [0.25, 0.3) is 5.95 Å². The molecule has 14 heavy (non-hydrogen) atoms. The van der Waals surface area contributed by atoms with E-state index >= 15 is 0 Å². The highest BCUT2D eigenvalue weighted by Crippen LogP contribution is 2.08. The molecule has 0 aliphatic carbocycles. The summed E-state index contributed by atoms with van der Waals surface area (Å²) in [6.45, 7) is 2.64. The molecule has 1 aliphatic heterocycles. The first-order valence-electron chi connectivity index (χ1n) is 4.58. The van der Waals surface area contributed by atoms with Gasteiger partial charge in [0.2, 0.25) is 0 Å². The topological polar surface area (TPSA) is 60.6 Å². The Labute approximate surface area is 80.6 Å². The SMILES string of the molecule is c1cnn(-c2nnc3n2CCNC3)c1. The predicted molar refractivity (Wildman–Crippen MR) is 48.9 cm³/mol. The third-order valence-electron chi connectivity index (χ3n) is 2.31. The second-order valence-corrected chi connectivity index (χ2v) is 3.20. The molecule has 2 aromatic heterocycles. The van der Waals surface area contributed by atoms with Crippen LogP contribution in [0.15, 0.2) is 18.5 Å². The van der Waals surface area contributed by atoms with Crippen molar-refractivity contribution in [3.63, 3.8) is 0 Å². The molecule has 0 bridgehead atoms. The summed E-state index contributed by atoms with van der Waals surface area (Å²) in [5, 5.41) is 15.6. The maximum absolute atomic E-state index is 4.14. The van der Waals surface area contributed by atoms with Crippen molar-refractivity contribution in [2.75, 3.05) is 6.54 Å². The van der Waals surface area contributed by atoms with Gasteiger partial charge in [0.15, 0.2) is 0 Å². The molecule has 0 saturated carbocycles. The van der Waals surface area contributed by atoms with E-state index in [9.17, 15) is 0 Å². The van der Waals surface area contributed by atoms with E-state index in [1.807, 2.05) is 12.3 Å². The molecule has 0 atom stereocenters. The zero-order valence-electron chi connectivity index (χ0n) is 7.59. The Kier molecular flexibility index (Phi) is 1.60. The Balaban J connectivity index is 2.11. The average molecular weight is 190 g/mol. The van der Waals surface area contributed by atoms with E-state index < -0.39 is 0 Å². The summed E-state index contributed by atoms with van der Waals surface area (Å²) in [6.07, 6.45) is 3.61. The Hall–Kier alpha value is -1.69. The fourth-order valence-electron chi connectivity index (χ4n) is 1.63. The first-order chi connectivity index (χ1) is 6.95. The molecule has 3 rings (SSSR count). The van der Waals surface area contributed by atoms with Crippen LogP contribution in [0.3, 0.4) is 0 Å². The minimum atomic E-state index is 0.786. The van der Waals surface area contributed by atoms with E-state index in [0.29, 0.717) is 0 Å². The van der Waals surface area contributed by atoms with E-state index in [4.69, 9.17) is 0 Å². The van der Waals surface area contributed by atoms with Crippen molar-refractivity contribution >= 4 is 0 Å². The molecule has 0 spiro atoms. The minimum Gasteiger partial charge on any atom is -0.308 e. The lowest BCUT2D eigenvalue weighted by atomic mass is 10.4. The van der Waals surface area contributed by atoms with E-state index in [0.717, 1.165) is 31.4 Å². The zero-order valence-corrected chi connectivity index (χ0v) is 7.59. The van der Waals surface area contributed by atoms with Gasteiger partial charge in [-0.25, -0.2) is 4.68 Å². The third kappa shape index (κ3) is 1.04. The van der Waals surface area contributed by atoms with Crippen molar-refractivity contribution < 1.29 is 0 Å². The molecule has 1 N–H and O–H groups in total. The lowest BCUT2D eigenvalue weighted by Gasteiger charge is -2.15. The van der Waals surface area contributed by atoms with Gasteiger partial charge in [0.1, 0.15) is 5.82 Å². The van der Waals surface area contributed by atoms with Gasteiger partial charge in [0, 0.05) is 25.5 Å². The van der Waals surface area contributed by atoms with Crippen LogP contribution in [0.2, 0.25) is 0 Å². The highest BCUT2D eigenvalue weighted by molar-refractivity contribution is 5.13. The molecular formula is C8H10N6. The van der Waals surface area contributed by atoms with E-state index in [2.05, 4.69) is 25.2 Å². The molecule has 0 saturated heterocycles. The third-order valence-corrected chi connectivity index (χ3v) is 2.31. The average Bonchev–Trinajstić information content (AvgIpc) is 2.85. The van der Waals surface area contributed by atoms with Gasteiger partial charge in [0.05, 0.1) is 6.54 Å². The second-order valence-electron chi connectivity index (χ2n) is 3.20. The lowest BCUT2D eigenvalue weighted by molar-refractivity contribution is 0.497. The number of rotatable bonds is 1. The summed E-state index contributed by atoms with van der Waals surface area (Å²) >= 11 is 0. The lowest BCUT2D eigenvalue weighted by Crippen LogP contribution is -2.29. The van der Waals surface area contributed by atoms with Crippen LogP contribution < -0.4 is 5.32 Å². The molecular weight excluding hydrogens is 180 g/mol. The number of nitrogens with one attached hydrogen (secondary N) is 1. The molecule has 0 radical (unpaired) electrons. The molecule has 6 nitrogen and oxygen atoms in total. The molecule has 0 unspecified atom stereocenters. The quantitative estimate of drug-likeness (QED) is 0.662. The van der Waals surface area contributed by atoms with Crippen LogP contribution in [-0.2, 0) is 13.1 Å². The summed E-state index contributed by atoms with van der Waals surface area (Å²) < 4.78 is 3.82. The van der Waals surface area contributed by atoms with E-state index in [1.165, 1.54) is 0 Å². The summed E-state index contributed by atoms with van der Waals surface area (Å²) in [4.78, 5) is 0. The maximum Gasteiger partial charge on any atom is 0.252 e. The molecule has 3 heterocycles. The Morgan fingerprint density at radius 3 is 3.21 bits per heavy atom. The van der Waals surface area contributed by atoms with Crippen LogP contribution in [0.4, 0.5) is 0 Å². The van der Waals surface area contributed by atoms with Gasteiger partial charge in [-0.2, -0.15) is 5.10 Å². The normalized spacial score (nSPS) is 15.4. The Morgan fingerprint density at radius 2 is 2.36 bits per heavy atom. The van der Waals surface area contributed by atoms with Gasteiger partial charge in [0.25, 0.3) is 5.95 Å². The highest BCUT2D eigenvalue weighted by Gasteiger charge is 2.16. The monoisotopic (exact) mass is 190 g/mol. The number of hydrogen-bond acceptors (Lipinski definition) is 4. The summed E-state index contributed by atoms with van der Waals surface area (Å²) in [6, 6.07) is 1.88. The van der Waals surface area contributed by atoms with Gasteiger partial charge >= 0.3 is 0 Å². The first kappa shape index (κ1) is 7.69. The first-order valence-corrected chi connectivity index (χ1v) is 4.58. The van der Waals surface area contributed by atoms with Gasteiger partial charge in [-0.05, 0) is 6.07 Å². The number of hydrogen-bond donors (Lipinski definition) is 1. The molecule has 0 amide bonds. The van der Waals surface area contributed by atoms with Crippen molar-refractivity contribution in [1.82, 2.24) is 29.9 Å². The van der Waals surface area contributed by atoms with Crippen LogP contribution in [0.1, 0.15) is 5.82 Å². The number of nitrogens with zero attached hydrogens (tertiary/aromatic N) is 5. The van der Waals surface area contributed by atoms with Crippen molar-refractivity contribution in [3.05, 3.63) is 24.3 Å². The highest BCUT2D eigenvalue weighted by atomic mass is 15.4. The van der Waals surface area contributed by atoms with Gasteiger partial charge in [-0.15, -0.1) is 10.2 Å². The molecule has 0 aromatic carbocycles. The molecule has 2 aromatic rings. The minimum absolute atomic E-state index is 0.786. The largest absolute Gasteiger partial charge is 0.308 e. The van der Waals surface area contributed by atoms with E-state index in [-0.39, 0.29) is 0 Å². The van der Waals surface area contributed by atoms with Crippen molar-refractivity contribution in [3.8, 4) is 5.95 Å². The van der Waals surface area contributed by atoms with Crippen LogP contribution >= 0.6 is 0 Å². The summed E-state index contributed by atoms with van der Waals surface area (Å²) in [7, 11) is 0. The van der Waals surface area contributed by atoms with Crippen molar-refractivity contribution in [2.24, 2.45) is 0 Å². The van der Waals surface area contributed by atoms with Crippen molar-refractivity contribution in [2.45, 2.75) is 13.1 Å². The van der Waals surface area contributed by atoms with Crippen LogP contribution in [0.5, 0.6) is 0 Å². The molecule has 6 heteroatoms. The molecule has 0 fully saturated rings. The standard InChI is InChI=1S/C8H10N6/c1-2-10-14(4-1)8-12-11-7-6-9-3-5-13(7)8/h1-2,4,9H,3,5-6H2. The van der Waals surface area contributed by atoms with E-state index in [1.54, 1.807) is 10.9 Å². The van der Waals surface area contributed by atoms with Crippen LogP contribution in [0, 0.1) is 0 Å². The van der Waals surface area contributed by atoms with Gasteiger partial charge in [-0.1, -0.05) is 0 Å². The zero-order chi connectivity index (χ0) is 9.38. The van der Waals surface area contributed by atoms with Crippen LogP contribution in [-0.4, -0.2) is 31.1 Å². The maximum atomic E-state index is 4.14. The fraction of sp³-hybridized carbons (Fsp3) is 0.375. The van der Waals surface area contributed by atoms with Gasteiger partial charge in [-0.3, -0.25) is 4.57 Å². The summed E-state index contributed by atoms with van der Waals surface area (Å²) in [5.41, 5.74) is 0. The number of aromatic nitrogens is 5. The fourth-order valence-corrected chi connectivity index (χ4v) is 1.63. The molecule has 1 aliphatic rings.